The monoisotopic (exact) mass is 380 g/mol. The number of nitrogens with zero attached hydrogens (tertiary/aromatic N) is 1. The fourth-order valence-corrected chi connectivity index (χ4v) is 3.39. The van der Waals surface area contributed by atoms with Crippen LogP contribution in [0, 0.1) is 6.92 Å². The van der Waals surface area contributed by atoms with Gasteiger partial charge in [0.2, 0.25) is 5.91 Å². The van der Waals surface area contributed by atoms with Gasteiger partial charge in [0.1, 0.15) is 18.6 Å². The van der Waals surface area contributed by atoms with E-state index in [0.717, 1.165) is 23.0 Å². The highest BCUT2D eigenvalue weighted by atomic mass is 16.5. The first-order valence-corrected chi connectivity index (χ1v) is 9.30. The van der Waals surface area contributed by atoms with Crippen molar-refractivity contribution in [1.82, 2.24) is 10.2 Å². The second kappa shape index (κ2) is 8.69. The number of carbonyl (C=O) groups is 3. The lowest BCUT2D eigenvalue weighted by molar-refractivity contribution is -0.121. The van der Waals surface area contributed by atoms with Crippen LogP contribution in [-0.2, 0) is 22.7 Å². The molecule has 1 atom stereocenters. The minimum absolute atomic E-state index is 0.154. The molecule has 0 radical (unpaired) electrons. The predicted molar refractivity (Wildman–Crippen MR) is 105 cm³/mol. The molecule has 3 rings (SSSR count). The van der Waals surface area contributed by atoms with Crippen molar-refractivity contribution in [2.75, 3.05) is 7.05 Å². The number of hydrogen-bond donors (Lipinski definition) is 1. The Kier molecular flexibility index (Phi) is 6.09. The summed E-state index contributed by atoms with van der Waals surface area (Å²) in [6, 6.07) is 12.8. The van der Waals surface area contributed by atoms with Crippen LogP contribution in [0.4, 0.5) is 0 Å². The summed E-state index contributed by atoms with van der Waals surface area (Å²) < 4.78 is 5.98. The number of carbonyl (C=O) groups excluding carboxylic acids is 3. The van der Waals surface area contributed by atoms with Crippen LogP contribution in [0.3, 0.4) is 0 Å². The van der Waals surface area contributed by atoms with Crippen molar-refractivity contribution >= 4 is 18.1 Å². The van der Waals surface area contributed by atoms with Gasteiger partial charge in [0, 0.05) is 24.6 Å². The Morgan fingerprint density at radius 2 is 2.07 bits per heavy atom. The third-order valence-electron chi connectivity index (χ3n) is 4.93. The third kappa shape index (κ3) is 4.22. The summed E-state index contributed by atoms with van der Waals surface area (Å²) in [6.07, 6.45) is 1.22. The molecular weight excluding hydrogens is 356 g/mol. The van der Waals surface area contributed by atoms with Crippen molar-refractivity contribution in [1.29, 1.82) is 0 Å². The first kappa shape index (κ1) is 19.6. The number of aldehydes is 1. The zero-order chi connectivity index (χ0) is 20.1. The number of fused-ring (bicyclic) bond motifs is 1. The molecule has 0 saturated heterocycles. The Bertz CT molecular complexity index is 894. The molecule has 0 aliphatic carbocycles. The van der Waals surface area contributed by atoms with Crippen LogP contribution in [0.5, 0.6) is 5.75 Å². The Morgan fingerprint density at radius 3 is 2.79 bits per heavy atom. The van der Waals surface area contributed by atoms with Gasteiger partial charge in [-0.15, -0.1) is 0 Å². The van der Waals surface area contributed by atoms with E-state index in [0.29, 0.717) is 30.9 Å². The maximum atomic E-state index is 12.8. The van der Waals surface area contributed by atoms with Crippen LogP contribution in [0.15, 0.2) is 42.5 Å². The van der Waals surface area contributed by atoms with Crippen molar-refractivity contribution in [2.45, 2.75) is 39.0 Å². The first-order chi connectivity index (χ1) is 13.5. The average molecular weight is 380 g/mol. The Labute approximate surface area is 164 Å². The van der Waals surface area contributed by atoms with E-state index in [2.05, 4.69) is 11.4 Å². The molecule has 0 fully saturated rings. The van der Waals surface area contributed by atoms with Crippen LogP contribution >= 0.6 is 0 Å². The standard InChI is InChI=1S/C22H24N2O4/c1-15-5-3-6-16(11-15)14-28-20-8-4-7-18-19(20)12-24(22(18)27)17(13-25)9-10-21(26)23-2/h3-8,11,13,17H,9-10,12,14H2,1-2H3,(H,23,26). The topological polar surface area (TPSA) is 75.7 Å². The first-order valence-electron chi connectivity index (χ1n) is 9.30. The molecular formula is C22H24N2O4. The van der Waals surface area contributed by atoms with Gasteiger partial charge in [-0.25, -0.2) is 0 Å². The van der Waals surface area contributed by atoms with Gasteiger partial charge in [-0.2, -0.15) is 0 Å². The minimum atomic E-state index is -0.637. The van der Waals surface area contributed by atoms with Gasteiger partial charge in [0.05, 0.1) is 12.6 Å². The van der Waals surface area contributed by atoms with E-state index in [1.165, 1.54) is 4.90 Å². The summed E-state index contributed by atoms with van der Waals surface area (Å²) in [6.45, 7) is 2.73. The molecule has 1 unspecified atom stereocenters. The highest BCUT2D eigenvalue weighted by Crippen LogP contribution is 2.33. The molecule has 28 heavy (non-hydrogen) atoms. The molecule has 146 valence electrons. The molecule has 1 aliphatic heterocycles. The number of ether oxygens (including phenoxy) is 1. The van der Waals surface area contributed by atoms with Gasteiger partial charge in [-0.1, -0.05) is 35.9 Å². The SMILES string of the molecule is CNC(=O)CCC(C=O)N1Cc2c(OCc3cccc(C)c3)cccc2C1=O. The highest BCUT2D eigenvalue weighted by molar-refractivity contribution is 6.00. The zero-order valence-corrected chi connectivity index (χ0v) is 16.1. The number of amides is 2. The summed E-state index contributed by atoms with van der Waals surface area (Å²) in [4.78, 5) is 37.4. The normalized spacial score (nSPS) is 13.8. The molecule has 6 heteroatoms. The molecule has 1 heterocycles. The van der Waals surface area contributed by atoms with Gasteiger partial charge in [0.25, 0.3) is 5.91 Å². The van der Waals surface area contributed by atoms with E-state index < -0.39 is 6.04 Å². The lowest BCUT2D eigenvalue weighted by Crippen LogP contribution is -2.37. The minimum Gasteiger partial charge on any atom is -0.489 e. The van der Waals surface area contributed by atoms with Crippen molar-refractivity contribution in [3.8, 4) is 5.75 Å². The highest BCUT2D eigenvalue weighted by Gasteiger charge is 2.34. The summed E-state index contributed by atoms with van der Waals surface area (Å²) in [5.41, 5.74) is 3.54. The van der Waals surface area contributed by atoms with E-state index in [9.17, 15) is 14.4 Å². The van der Waals surface area contributed by atoms with E-state index in [-0.39, 0.29) is 18.2 Å². The Balaban J connectivity index is 1.74. The molecule has 1 N–H and O–H groups in total. The van der Waals surface area contributed by atoms with E-state index in [4.69, 9.17) is 4.74 Å². The largest absolute Gasteiger partial charge is 0.489 e. The van der Waals surface area contributed by atoms with Gasteiger partial charge in [0.15, 0.2) is 0 Å². The predicted octanol–water partition coefficient (Wildman–Crippen LogP) is 2.62. The smallest absolute Gasteiger partial charge is 0.255 e. The average Bonchev–Trinajstić information content (AvgIpc) is 3.04. The summed E-state index contributed by atoms with van der Waals surface area (Å²) >= 11 is 0. The van der Waals surface area contributed by atoms with E-state index in [1.54, 1.807) is 19.2 Å². The van der Waals surface area contributed by atoms with Gasteiger partial charge >= 0.3 is 0 Å². The molecule has 0 spiro atoms. The second-order valence-electron chi connectivity index (χ2n) is 6.91. The van der Waals surface area contributed by atoms with Crippen LogP contribution in [0.2, 0.25) is 0 Å². The van der Waals surface area contributed by atoms with Crippen LogP contribution < -0.4 is 10.1 Å². The van der Waals surface area contributed by atoms with Crippen LogP contribution in [0.25, 0.3) is 0 Å². The van der Waals surface area contributed by atoms with Gasteiger partial charge in [-0.05, 0) is 31.0 Å². The van der Waals surface area contributed by atoms with E-state index >= 15 is 0 Å². The maximum absolute atomic E-state index is 12.8. The van der Waals surface area contributed by atoms with Crippen LogP contribution in [0.1, 0.15) is 39.9 Å². The second-order valence-corrected chi connectivity index (χ2v) is 6.91. The summed E-state index contributed by atoms with van der Waals surface area (Å²) in [7, 11) is 1.55. The number of aryl methyl sites for hydroxylation is 1. The van der Waals surface area contributed by atoms with Crippen molar-refractivity contribution in [3.05, 3.63) is 64.7 Å². The summed E-state index contributed by atoms with van der Waals surface area (Å²) in [5.74, 6) is 0.286. The number of benzene rings is 2. The lowest BCUT2D eigenvalue weighted by atomic mass is 10.1. The van der Waals surface area contributed by atoms with Crippen molar-refractivity contribution in [3.63, 3.8) is 0 Å². The van der Waals surface area contributed by atoms with Crippen molar-refractivity contribution in [2.24, 2.45) is 0 Å². The third-order valence-corrected chi connectivity index (χ3v) is 4.93. The molecule has 6 nitrogen and oxygen atoms in total. The van der Waals surface area contributed by atoms with E-state index in [1.807, 2.05) is 31.2 Å². The Morgan fingerprint density at radius 1 is 1.29 bits per heavy atom. The molecule has 0 saturated carbocycles. The molecule has 0 aromatic heterocycles. The van der Waals surface area contributed by atoms with Crippen molar-refractivity contribution < 1.29 is 19.1 Å². The molecule has 0 bridgehead atoms. The Hall–Kier alpha value is -3.15. The van der Waals surface area contributed by atoms with Crippen LogP contribution in [-0.4, -0.2) is 36.1 Å². The summed E-state index contributed by atoms with van der Waals surface area (Å²) in [5, 5.41) is 2.53. The zero-order valence-electron chi connectivity index (χ0n) is 16.1. The number of hydrogen-bond acceptors (Lipinski definition) is 4. The molecule has 2 aromatic carbocycles. The molecule has 2 amide bonds. The van der Waals surface area contributed by atoms with Gasteiger partial charge in [-0.3, -0.25) is 9.59 Å². The fraction of sp³-hybridized carbons (Fsp3) is 0.318. The molecule has 1 aliphatic rings. The number of nitrogens with one attached hydrogen (secondary N) is 1. The fourth-order valence-electron chi connectivity index (χ4n) is 3.39. The molecule has 2 aromatic rings. The quantitative estimate of drug-likeness (QED) is 0.715. The lowest BCUT2D eigenvalue weighted by Gasteiger charge is -2.22. The maximum Gasteiger partial charge on any atom is 0.255 e. The van der Waals surface area contributed by atoms with Gasteiger partial charge < -0.3 is 19.7 Å². The number of rotatable bonds is 8.